The molecule has 0 radical (unpaired) electrons. The van der Waals surface area contributed by atoms with Gasteiger partial charge in [-0.3, -0.25) is 4.79 Å². The first-order valence-corrected chi connectivity index (χ1v) is 5.06. The van der Waals surface area contributed by atoms with Gasteiger partial charge >= 0.3 is 0 Å². The lowest BCUT2D eigenvalue weighted by Crippen LogP contribution is -2.28. The van der Waals surface area contributed by atoms with Gasteiger partial charge in [-0.1, -0.05) is 13.8 Å². The predicted molar refractivity (Wildman–Crippen MR) is 53.2 cm³/mol. The van der Waals surface area contributed by atoms with Crippen molar-refractivity contribution >= 4 is 5.91 Å². The highest BCUT2D eigenvalue weighted by atomic mass is 16.1. The van der Waals surface area contributed by atoms with Gasteiger partial charge in [-0.2, -0.15) is 0 Å². The average Bonchev–Trinajstić information content (AvgIpc) is 2.59. The van der Waals surface area contributed by atoms with Crippen LogP contribution in [0.4, 0.5) is 0 Å². The maximum Gasteiger partial charge on any atom is 0.220 e. The Balaban J connectivity index is 2.06. The molecular formula is C10H20N2O. The zero-order chi connectivity index (χ0) is 9.90. The molecule has 13 heavy (non-hydrogen) atoms. The number of carbonyl (C=O) groups is 1. The summed E-state index contributed by atoms with van der Waals surface area (Å²) >= 11 is 0. The fourth-order valence-corrected chi connectivity index (χ4v) is 1.41. The zero-order valence-electron chi connectivity index (χ0n) is 8.60. The maximum atomic E-state index is 11.3. The Morgan fingerprint density at radius 3 is 2.62 bits per heavy atom. The summed E-state index contributed by atoms with van der Waals surface area (Å²) in [6.45, 7) is 5.04. The number of nitrogens with one attached hydrogen (secondary N) is 1. The second kappa shape index (κ2) is 4.09. The molecule has 1 fully saturated rings. The molecule has 1 atom stereocenters. The van der Waals surface area contributed by atoms with Crippen LogP contribution in [-0.4, -0.2) is 18.5 Å². The van der Waals surface area contributed by atoms with Crippen molar-refractivity contribution in [1.82, 2.24) is 5.32 Å². The lowest BCUT2D eigenvalue weighted by atomic mass is 10.2. The first-order valence-electron chi connectivity index (χ1n) is 5.06. The quantitative estimate of drug-likeness (QED) is 0.627. The van der Waals surface area contributed by atoms with E-state index in [1.807, 2.05) is 0 Å². The number of hydrogen-bond donors (Lipinski definition) is 2. The third-order valence-corrected chi connectivity index (χ3v) is 2.71. The van der Waals surface area contributed by atoms with Crippen LogP contribution in [-0.2, 0) is 4.79 Å². The van der Waals surface area contributed by atoms with Crippen LogP contribution in [0.25, 0.3) is 0 Å². The predicted octanol–water partition coefficient (Wildman–Crippen LogP) is 1.03. The van der Waals surface area contributed by atoms with Crippen LogP contribution in [0.5, 0.6) is 0 Å². The van der Waals surface area contributed by atoms with Crippen LogP contribution in [0.15, 0.2) is 0 Å². The van der Waals surface area contributed by atoms with Crippen LogP contribution in [0.1, 0.15) is 39.5 Å². The summed E-state index contributed by atoms with van der Waals surface area (Å²) in [6, 6.07) is 0.415. The highest BCUT2D eigenvalue weighted by Crippen LogP contribution is 2.44. The van der Waals surface area contributed by atoms with E-state index in [0.717, 1.165) is 19.3 Å². The molecule has 0 spiro atoms. The van der Waals surface area contributed by atoms with Gasteiger partial charge in [0, 0.05) is 12.5 Å². The average molecular weight is 184 g/mol. The maximum absolute atomic E-state index is 11.3. The Morgan fingerprint density at radius 1 is 1.54 bits per heavy atom. The summed E-state index contributed by atoms with van der Waals surface area (Å²) in [6.07, 6.45) is 3.61. The van der Waals surface area contributed by atoms with Crippen LogP contribution >= 0.6 is 0 Å². The van der Waals surface area contributed by atoms with Crippen molar-refractivity contribution in [3.63, 3.8) is 0 Å². The first kappa shape index (κ1) is 10.5. The van der Waals surface area contributed by atoms with E-state index in [4.69, 9.17) is 5.73 Å². The second-order valence-corrected chi connectivity index (χ2v) is 4.56. The minimum absolute atomic E-state index is 0.184. The molecular weight excluding hydrogens is 164 g/mol. The minimum atomic E-state index is 0.184. The second-order valence-electron chi connectivity index (χ2n) is 4.56. The number of unbranched alkanes of at least 4 members (excludes halogenated alkanes) is 1. The van der Waals surface area contributed by atoms with Gasteiger partial charge in [-0.15, -0.1) is 0 Å². The van der Waals surface area contributed by atoms with E-state index in [-0.39, 0.29) is 5.91 Å². The van der Waals surface area contributed by atoms with Crippen molar-refractivity contribution in [2.45, 2.75) is 45.6 Å². The molecule has 0 saturated heterocycles. The number of nitrogens with two attached hydrogens (primary N) is 1. The number of rotatable bonds is 5. The normalized spacial score (nSPS) is 24.1. The lowest BCUT2D eigenvalue weighted by Gasteiger charge is -2.06. The summed E-state index contributed by atoms with van der Waals surface area (Å²) < 4.78 is 0. The molecule has 0 aromatic carbocycles. The highest BCUT2D eigenvalue weighted by Gasteiger charge is 2.46. The SMILES string of the molecule is CC1(C)CC1NC(=O)CCCCN. The van der Waals surface area contributed by atoms with Crippen LogP contribution in [0.3, 0.4) is 0 Å². The summed E-state index contributed by atoms with van der Waals surface area (Å²) in [5.41, 5.74) is 5.68. The first-order chi connectivity index (χ1) is 6.06. The van der Waals surface area contributed by atoms with Crippen LogP contribution < -0.4 is 11.1 Å². The fourth-order valence-electron chi connectivity index (χ4n) is 1.41. The summed E-state index contributed by atoms with van der Waals surface area (Å²) in [5.74, 6) is 0.184. The zero-order valence-corrected chi connectivity index (χ0v) is 8.60. The molecule has 0 aromatic rings. The van der Waals surface area contributed by atoms with Gasteiger partial charge in [0.05, 0.1) is 0 Å². The molecule has 0 bridgehead atoms. The molecule has 3 nitrogen and oxygen atoms in total. The minimum Gasteiger partial charge on any atom is -0.353 e. The summed E-state index contributed by atoms with van der Waals surface area (Å²) in [5, 5.41) is 3.02. The molecule has 1 aliphatic carbocycles. The molecule has 3 N–H and O–H groups in total. The Bertz CT molecular complexity index is 189. The van der Waals surface area contributed by atoms with Crippen LogP contribution in [0.2, 0.25) is 0 Å². The molecule has 1 rings (SSSR count). The van der Waals surface area contributed by atoms with Gasteiger partial charge in [-0.25, -0.2) is 0 Å². The molecule has 3 heteroatoms. The standard InChI is InChI=1S/C10H20N2O/c1-10(2)7-8(10)12-9(13)5-3-4-6-11/h8H,3-7,11H2,1-2H3,(H,12,13). The monoisotopic (exact) mass is 184 g/mol. The van der Waals surface area contributed by atoms with Gasteiger partial charge in [0.2, 0.25) is 5.91 Å². The Morgan fingerprint density at radius 2 is 2.15 bits per heavy atom. The van der Waals surface area contributed by atoms with E-state index in [1.54, 1.807) is 0 Å². The van der Waals surface area contributed by atoms with E-state index in [0.29, 0.717) is 24.4 Å². The Labute approximate surface area is 80.1 Å². The van der Waals surface area contributed by atoms with Gasteiger partial charge in [0.25, 0.3) is 0 Å². The third kappa shape index (κ3) is 3.35. The largest absolute Gasteiger partial charge is 0.353 e. The van der Waals surface area contributed by atoms with Crippen molar-refractivity contribution in [3.05, 3.63) is 0 Å². The molecule has 1 aliphatic rings. The van der Waals surface area contributed by atoms with Crippen molar-refractivity contribution in [1.29, 1.82) is 0 Å². The molecule has 0 heterocycles. The molecule has 76 valence electrons. The van der Waals surface area contributed by atoms with Crippen LogP contribution in [0, 0.1) is 5.41 Å². The fraction of sp³-hybridized carbons (Fsp3) is 0.900. The van der Waals surface area contributed by atoms with Crippen molar-refractivity contribution in [2.24, 2.45) is 11.1 Å². The Kier molecular flexibility index (Phi) is 3.31. The number of amides is 1. The van der Waals surface area contributed by atoms with Crippen molar-refractivity contribution < 1.29 is 4.79 Å². The van der Waals surface area contributed by atoms with E-state index < -0.39 is 0 Å². The molecule has 0 aromatic heterocycles. The molecule has 1 unspecified atom stereocenters. The van der Waals surface area contributed by atoms with Gasteiger partial charge < -0.3 is 11.1 Å². The Hall–Kier alpha value is -0.570. The van der Waals surface area contributed by atoms with Crippen molar-refractivity contribution in [2.75, 3.05) is 6.54 Å². The van der Waals surface area contributed by atoms with E-state index in [2.05, 4.69) is 19.2 Å². The summed E-state index contributed by atoms with van der Waals surface area (Å²) in [4.78, 5) is 11.3. The lowest BCUT2D eigenvalue weighted by molar-refractivity contribution is -0.121. The molecule has 1 saturated carbocycles. The molecule has 0 aliphatic heterocycles. The number of carbonyl (C=O) groups excluding carboxylic acids is 1. The molecule has 1 amide bonds. The van der Waals surface area contributed by atoms with Crippen molar-refractivity contribution in [3.8, 4) is 0 Å². The van der Waals surface area contributed by atoms with E-state index in [9.17, 15) is 4.79 Å². The van der Waals surface area contributed by atoms with E-state index >= 15 is 0 Å². The van der Waals surface area contributed by atoms with Gasteiger partial charge in [0.15, 0.2) is 0 Å². The van der Waals surface area contributed by atoms with Gasteiger partial charge in [0.1, 0.15) is 0 Å². The van der Waals surface area contributed by atoms with E-state index in [1.165, 1.54) is 0 Å². The summed E-state index contributed by atoms with van der Waals surface area (Å²) in [7, 11) is 0. The number of hydrogen-bond acceptors (Lipinski definition) is 2. The topological polar surface area (TPSA) is 55.1 Å². The third-order valence-electron chi connectivity index (χ3n) is 2.71. The highest BCUT2D eigenvalue weighted by molar-refractivity contribution is 5.76. The van der Waals surface area contributed by atoms with Gasteiger partial charge in [-0.05, 0) is 31.2 Å². The smallest absolute Gasteiger partial charge is 0.220 e.